The van der Waals surface area contributed by atoms with E-state index in [1.54, 1.807) is 24.3 Å². The third kappa shape index (κ3) is 5.82. The lowest BCUT2D eigenvalue weighted by molar-refractivity contribution is 0.601. The van der Waals surface area contributed by atoms with Gasteiger partial charge in [0.15, 0.2) is 15.8 Å². The Morgan fingerprint density at radius 1 is 1.28 bits per heavy atom. The fourth-order valence-electron chi connectivity index (χ4n) is 2.40. The quantitative estimate of drug-likeness (QED) is 0.594. The molecule has 2 aromatic rings. The van der Waals surface area contributed by atoms with Gasteiger partial charge in [-0.05, 0) is 38.0 Å². The van der Waals surface area contributed by atoms with Gasteiger partial charge in [0.2, 0.25) is 0 Å². The number of hydrogen-bond acceptors (Lipinski definition) is 5. The Kier molecular flexibility index (Phi) is 6.55. The van der Waals surface area contributed by atoms with E-state index in [0.29, 0.717) is 18.0 Å². The topological polar surface area (TPSA) is 83.5 Å². The number of sulfone groups is 1. The van der Waals surface area contributed by atoms with Crippen LogP contribution in [0.1, 0.15) is 27.9 Å². The molecule has 2 rings (SSSR count). The summed E-state index contributed by atoms with van der Waals surface area (Å²) in [4.78, 5) is 10.3. The molecular weight excluding hydrogens is 356 g/mol. The van der Waals surface area contributed by atoms with E-state index in [2.05, 4.69) is 20.6 Å². The van der Waals surface area contributed by atoms with E-state index in [-0.39, 0.29) is 0 Å². The van der Waals surface area contributed by atoms with E-state index >= 15 is 0 Å². The average molecular weight is 381 g/mol. The molecule has 0 unspecified atom stereocenters. The number of benzene rings is 1. The Morgan fingerprint density at radius 2 is 2.04 bits per heavy atom. The number of aromatic nitrogens is 1. The lowest BCUT2D eigenvalue weighted by Crippen LogP contribution is -2.36. The Hall–Kier alpha value is -1.93. The van der Waals surface area contributed by atoms with Gasteiger partial charge in [-0.3, -0.25) is 0 Å². The highest BCUT2D eigenvalue weighted by Crippen LogP contribution is 2.17. The molecule has 2 N–H and O–H groups in total. The smallest absolute Gasteiger partial charge is 0.191 e. The molecule has 0 amide bonds. The van der Waals surface area contributed by atoms with E-state index in [4.69, 9.17) is 0 Å². The fraction of sp³-hybridized carbons (Fsp3) is 0.412. The molecule has 0 aliphatic carbocycles. The van der Waals surface area contributed by atoms with Gasteiger partial charge < -0.3 is 10.6 Å². The van der Waals surface area contributed by atoms with Crippen LogP contribution in [0.25, 0.3) is 0 Å². The van der Waals surface area contributed by atoms with Crippen molar-refractivity contribution in [2.24, 2.45) is 4.99 Å². The molecule has 0 spiro atoms. The van der Waals surface area contributed by atoms with Gasteiger partial charge in [0.1, 0.15) is 0 Å². The van der Waals surface area contributed by atoms with Crippen molar-refractivity contribution in [1.29, 1.82) is 0 Å². The molecule has 0 aliphatic heterocycles. The number of hydrogen-bond donors (Lipinski definition) is 2. The zero-order valence-electron chi connectivity index (χ0n) is 15.0. The molecule has 25 heavy (non-hydrogen) atoms. The van der Waals surface area contributed by atoms with Crippen molar-refractivity contribution in [3.8, 4) is 0 Å². The number of aliphatic imine (C=N–C) groups is 1. The molecule has 0 saturated carbocycles. The number of nitrogens with one attached hydrogen (secondary N) is 2. The highest BCUT2D eigenvalue weighted by atomic mass is 32.2. The molecule has 0 saturated heterocycles. The van der Waals surface area contributed by atoms with E-state index in [0.717, 1.165) is 33.5 Å². The molecule has 136 valence electrons. The molecule has 8 heteroatoms. The van der Waals surface area contributed by atoms with Crippen LogP contribution in [-0.2, 0) is 22.9 Å². The second-order valence-electron chi connectivity index (χ2n) is 5.77. The van der Waals surface area contributed by atoms with Crippen molar-refractivity contribution in [1.82, 2.24) is 15.6 Å². The molecule has 0 radical (unpaired) electrons. The summed E-state index contributed by atoms with van der Waals surface area (Å²) in [6, 6.07) is 5.33. The van der Waals surface area contributed by atoms with Crippen molar-refractivity contribution in [3.05, 3.63) is 45.4 Å². The van der Waals surface area contributed by atoms with Gasteiger partial charge in [0.25, 0.3) is 0 Å². The summed E-state index contributed by atoms with van der Waals surface area (Å²) in [5, 5.41) is 7.53. The van der Waals surface area contributed by atoms with E-state index in [9.17, 15) is 8.42 Å². The minimum Gasteiger partial charge on any atom is -0.357 e. The van der Waals surface area contributed by atoms with Gasteiger partial charge in [-0.1, -0.05) is 12.1 Å². The lowest BCUT2D eigenvalue weighted by atomic mass is 10.1. The van der Waals surface area contributed by atoms with Gasteiger partial charge in [0, 0.05) is 23.9 Å². The number of rotatable bonds is 6. The number of guanidine groups is 1. The predicted molar refractivity (Wildman–Crippen MR) is 103 cm³/mol. The summed E-state index contributed by atoms with van der Waals surface area (Å²) in [5.41, 5.74) is 1.71. The van der Waals surface area contributed by atoms with Crippen LogP contribution in [0.4, 0.5) is 0 Å². The first-order valence-corrected chi connectivity index (χ1v) is 10.7. The van der Waals surface area contributed by atoms with Gasteiger partial charge in [-0.2, -0.15) is 0 Å². The number of thiazole rings is 1. The van der Waals surface area contributed by atoms with Crippen LogP contribution in [0.15, 0.2) is 34.3 Å². The largest absolute Gasteiger partial charge is 0.357 e. The minimum atomic E-state index is -3.19. The van der Waals surface area contributed by atoms with Gasteiger partial charge in [0.05, 0.1) is 23.0 Å². The zero-order valence-corrected chi connectivity index (χ0v) is 16.6. The van der Waals surface area contributed by atoms with Crippen molar-refractivity contribution < 1.29 is 8.42 Å². The first-order chi connectivity index (χ1) is 11.8. The summed E-state index contributed by atoms with van der Waals surface area (Å²) in [5.74, 6) is 0.721. The first-order valence-electron chi connectivity index (χ1n) is 8.02. The maximum absolute atomic E-state index is 11.7. The first kappa shape index (κ1) is 19.4. The van der Waals surface area contributed by atoms with E-state index in [1.165, 1.54) is 6.26 Å². The van der Waals surface area contributed by atoms with Crippen molar-refractivity contribution in [2.45, 2.75) is 38.8 Å². The second-order valence-corrected chi connectivity index (χ2v) is 9.07. The normalized spacial score (nSPS) is 12.2. The Balaban J connectivity index is 2.06. The molecule has 0 bridgehead atoms. The summed E-state index contributed by atoms with van der Waals surface area (Å²) >= 11 is 1.65. The molecule has 0 fully saturated rings. The van der Waals surface area contributed by atoms with Crippen LogP contribution < -0.4 is 10.6 Å². The van der Waals surface area contributed by atoms with Crippen molar-refractivity contribution in [3.63, 3.8) is 0 Å². The molecule has 1 aromatic heterocycles. The van der Waals surface area contributed by atoms with E-state index < -0.39 is 9.84 Å². The highest BCUT2D eigenvalue weighted by Gasteiger charge is 2.10. The van der Waals surface area contributed by atoms with Crippen molar-refractivity contribution in [2.75, 3.05) is 12.8 Å². The average Bonchev–Trinajstić information content (AvgIpc) is 2.94. The molecule has 1 heterocycles. The Labute approximate surface area is 153 Å². The maximum atomic E-state index is 11.7. The van der Waals surface area contributed by atoms with Crippen LogP contribution in [0.5, 0.6) is 0 Å². The third-order valence-corrected chi connectivity index (χ3v) is 5.67. The van der Waals surface area contributed by atoms with Crippen LogP contribution >= 0.6 is 11.3 Å². The molecule has 6 nitrogen and oxygen atoms in total. The summed E-state index contributed by atoms with van der Waals surface area (Å²) in [6.45, 7) is 7.71. The molecular formula is C17H24N4O2S2. The number of nitrogens with zero attached hydrogens (tertiary/aromatic N) is 2. The van der Waals surface area contributed by atoms with Gasteiger partial charge in [-0.25, -0.2) is 18.4 Å². The zero-order chi connectivity index (χ0) is 18.4. The van der Waals surface area contributed by atoms with Crippen LogP contribution in [0, 0.1) is 13.8 Å². The third-order valence-electron chi connectivity index (χ3n) is 3.50. The van der Waals surface area contributed by atoms with Crippen LogP contribution in [0.3, 0.4) is 0 Å². The monoisotopic (exact) mass is 380 g/mol. The lowest BCUT2D eigenvalue weighted by Gasteiger charge is -2.11. The Bertz CT molecular complexity index is 857. The Morgan fingerprint density at radius 3 is 2.60 bits per heavy atom. The van der Waals surface area contributed by atoms with Crippen LogP contribution in [-0.4, -0.2) is 32.2 Å². The van der Waals surface area contributed by atoms with Crippen molar-refractivity contribution >= 4 is 27.1 Å². The SMILES string of the molecule is CCNC(=NCc1ccc(S(C)(=O)=O)c(C)c1)NCc1cnc(C)s1. The molecule has 1 aromatic carbocycles. The van der Waals surface area contributed by atoms with E-state index in [1.807, 2.05) is 32.2 Å². The van der Waals surface area contributed by atoms with Gasteiger partial charge >= 0.3 is 0 Å². The summed E-state index contributed by atoms with van der Waals surface area (Å²) in [6.07, 6.45) is 3.09. The standard InChI is InChI=1S/C17H24N4O2S2/c1-5-18-17(21-11-15-10-19-13(3)24-15)20-9-14-6-7-16(12(2)8-14)25(4,22)23/h6-8,10H,5,9,11H2,1-4H3,(H2,18,20,21). The fourth-order valence-corrected chi connectivity index (χ4v) is 4.09. The highest BCUT2D eigenvalue weighted by molar-refractivity contribution is 7.90. The summed E-state index contributed by atoms with van der Waals surface area (Å²) < 4.78 is 23.4. The summed E-state index contributed by atoms with van der Waals surface area (Å²) in [7, 11) is -3.19. The van der Waals surface area contributed by atoms with Gasteiger partial charge in [-0.15, -0.1) is 11.3 Å². The molecule has 0 aliphatic rings. The van der Waals surface area contributed by atoms with Crippen LogP contribution in [0.2, 0.25) is 0 Å². The maximum Gasteiger partial charge on any atom is 0.191 e. The minimum absolute atomic E-state index is 0.367. The molecule has 0 atom stereocenters. The second kappa shape index (κ2) is 8.44. The predicted octanol–water partition coefficient (Wildman–Crippen LogP) is 2.42. The number of aryl methyl sites for hydroxylation is 2.